The number of rotatable bonds is 2. The molecule has 0 saturated heterocycles. The number of aryl methyl sites for hydroxylation is 2. The number of hydrogen-bond donors (Lipinski definition) is 0. The Labute approximate surface area is 258 Å². The predicted octanol–water partition coefficient (Wildman–Crippen LogP) is 8.84. The maximum atomic E-state index is 6.37. The van der Waals surface area contributed by atoms with E-state index in [9.17, 15) is 0 Å². The van der Waals surface area contributed by atoms with Crippen LogP contribution >= 0.6 is 0 Å². The molecule has 3 nitrogen and oxygen atoms in total. The van der Waals surface area contributed by atoms with Crippen LogP contribution < -0.4 is 4.57 Å². The first-order valence-electron chi connectivity index (χ1n) is 13.6. The van der Waals surface area contributed by atoms with Crippen molar-refractivity contribution in [1.82, 2.24) is 4.98 Å². The molecule has 0 fully saturated rings. The first kappa shape index (κ1) is 27.5. The standard InChI is InChI=1S/C26H16NO.C12H10N.Ir/c1-27-13-5-7-19(16-27)21-9-4-10-22-24-14-18-12-11-17-6-2-3-8-20(17)23(18)15-25(24)28-26(21)22;1-10-7-8-12(13-9-10)11-5-3-2-4-6-11;/h2-8,10-15H,1H3;2-5,7-9H,1H3;/q2*-1;+3. The molecule has 0 N–H and O–H groups in total. The quantitative estimate of drug-likeness (QED) is 0.102. The van der Waals surface area contributed by atoms with E-state index in [-0.39, 0.29) is 20.1 Å². The van der Waals surface area contributed by atoms with E-state index in [1.165, 1.54) is 27.1 Å². The van der Waals surface area contributed by atoms with E-state index >= 15 is 0 Å². The van der Waals surface area contributed by atoms with Gasteiger partial charge in [0.15, 0.2) is 0 Å². The van der Waals surface area contributed by atoms with E-state index in [0.717, 1.165) is 44.3 Å². The van der Waals surface area contributed by atoms with Crippen LogP contribution in [0.15, 0.2) is 126 Å². The van der Waals surface area contributed by atoms with Crippen molar-refractivity contribution in [3.8, 4) is 22.4 Å². The van der Waals surface area contributed by atoms with Crippen molar-refractivity contribution >= 4 is 43.5 Å². The van der Waals surface area contributed by atoms with Crippen LogP contribution in [0.3, 0.4) is 0 Å². The minimum absolute atomic E-state index is 0. The second kappa shape index (κ2) is 11.7. The van der Waals surface area contributed by atoms with Crippen LogP contribution in [-0.2, 0) is 27.2 Å². The molecule has 0 bridgehead atoms. The number of benzene rings is 5. The van der Waals surface area contributed by atoms with Gasteiger partial charge in [-0.15, -0.1) is 42.0 Å². The number of pyridine rings is 2. The van der Waals surface area contributed by atoms with Crippen molar-refractivity contribution in [2.75, 3.05) is 0 Å². The van der Waals surface area contributed by atoms with Gasteiger partial charge in [-0.25, -0.2) is 0 Å². The summed E-state index contributed by atoms with van der Waals surface area (Å²) < 4.78 is 8.30. The smallest absolute Gasteiger partial charge is 0.510 e. The largest absolute Gasteiger partial charge is 3.00 e. The van der Waals surface area contributed by atoms with Crippen molar-refractivity contribution in [1.29, 1.82) is 0 Å². The van der Waals surface area contributed by atoms with Crippen LogP contribution in [-0.4, -0.2) is 4.98 Å². The minimum atomic E-state index is 0. The molecule has 0 amide bonds. The SMILES string of the molecule is C[n+]1[c-]c(-c2[c-]ccc3c2oc2cc4c(ccc5ccccc54)cc23)ccc1.Cc1ccc(-c2[c-]cccc2)nc1.[Ir+3]. The number of aromatic nitrogens is 2. The maximum Gasteiger partial charge on any atom is 3.00 e. The van der Waals surface area contributed by atoms with E-state index in [4.69, 9.17) is 4.42 Å². The molecule has 8 rings (SSSR count). The Balaban J connectivity index is 0.000000191. The molecular formula is C38H26IrN2O+. The summed E-state index contributed by atoms with van der Waals surface area (Å²) in [5.74, 6) is 0. The van der Waals surface area contributed by atoms with Crippen LogP contribution in [0.2, 0.25) is 0 Å². The summed E-state index contributed by atoms with van der Waals surface area (Å²) in [4.78, 5) is 4.32. The van der Waals surface area contributed by atoms with Crippen molar-refractivity contribution in [2.45, 2.75) is 6.92 Å². The molecule has 0 radical (unpaired) electrons. The average Bonchev–Trinajstić information content (AvgIpc) is 3.39. The molecule has 0 unspecified atom stereocenters. The zero-order chi connectivity index (χ0) is 27.8. The Hall–Kier alpha value is -4.63. The monoisotopic (exact) mass is 719 g/mol. The Kier molecular flexibility index (Phi) is 7.67. The van der Waals surface area contributed by atoms with Gasteiger partial charge < -0.3 is 9.40 Å². The van der Waals surface area contributed by atoms with E-state index < -0.39 is 0 Å². The summed E-state index contributed by atoms with van der Waals surface area (Å²) in [6, 6.07) is 43.8. The summed E-state index contributed by atoms with van der Waals surface area (Å²) >= 11 is 0. The number of furan rings is 1. The van der Waals surface area contributed by atoms with Crippen LogP contribution in [0.5, 0.6) is 0 Å². The van der Waals surface area contributed by atoms with Gasteiger partial charge >= 0.3 is 20.1 Å². The molecule has 0 aliphatic rings. The summed E-state index contributed by atoms with van der Waals surface area (Å²) in [5.41, 5.74) is 6.89. The number of nitrogens with zero attached hydrogens (tertiary/aromatic N) is 2. The van der Waals surface area contributed by atoms with E-state index in [1.807, 2.05) is 79.5 Å². The normalized spacial score (nSPS) is 10.9. The van der Waals surface area contributed by atoms with E-state index in [1.54, 1.807) is 0 Å². The van der Waals surface area contributed by atoms with Crippen molar-refractivity contribution in [3.63, 3.8) is 0 Å². The third-order valence-corrected chi connectivity index (χ3v) is 7.33. The number of hydrogen-bond acceptors (Lipinski definition) is 2. The summed E-state index contributed by atoms with van der Waals surface area (Å²) in [6.07, 6.45) is 7.19. The Bertz CT molecular complexity index is 2170. The molecule has 202 valence electrons. The Morgan fingerprint density at radius 3 is 2.33 bits per heavy atom. The molecule has 3 aromatic heterocycles. The van der Waals surface area contributed by atoms with Gasteiger partial charge in [0.2, 0.25) is 0 Å². The third kappa shape index (κ3) is 5.23. The Morgan fingerprint density at radius 1 is 0.690 bits per heavy atom. The fraction of sp³-hybridized carbons (Fsp3) is 0.0526. The average molecular weight is 719 g/mol. The van der Waals surface area contributed by atoms with Gasteiger partial charge in [-0.05, 0) is 51.9 Å². The number of fused-ring (bicyclic) bond motifs is 6. The Morgan fingerprint density at radius 2 is 1.52 bits per heavy atom. The molecular weight excluding hydrogens is 693 g/mol. The summed E-state index contributed by atoms with van der Waals surface area (Å²) in [7, 11) is 1.97. The fourth-order valence-corrected chi connectivity index (χ4v) is 5.29. The second-order valence-electron chi connectivity index (χ2n) is 10.2. The zero-order valence-electron chi connectivity index (χ0n) is 23.2. The topological polar surface area (TPSA) is 29.9 Å². The molecule has 0 aliphatic carbocycles. The van der Waals surface area contributed by atoms with Gasteiger partial charge in [-0.3, -0.25) is 4.57 Å². The van der Waals surface area contributed by atoms with Gasteiger partial charge in [0, 0.05) is 17.2 Å². The molecule has 5 aromatic carbocycles. The molecule has 42 heavy (non-hydrogen) atoms. The van der Waals surface area contributed by atoms with Gasteiger partial charge in [-0.1, -0.05) is 60.0 Å². The molecule has 0 atom stereocenters. The third-order valence-electron chi connectivity index (χ3n) is 7.33. The van der Waals surface area contributed by atoms with Crippen molar-refractivity contribution < 1.29 is 29.1 Å². The first-order valence-corrected chi connectivity index (χ1v) is 13.6. The van der Waals surface area contributed by atoms with Gasteiger partial charge in [0.05, 0.1) is 6.20 Å². The first-order chi connectivity index (χ1) is 20.1. The summed E-state index contributed by atoms with van der Waals surface area (Å²) in [6.45, 7) is 2.03. The molecule has 0 spiro atoms. The molecule has 0 aliphatic heterocycles. The molecule has 3 heterocycles. The van der Waals surface area contributed by atoms with Gasteiger partial charge in [0.25, 0.3) is 0 Å². The maximum absolute atomic E-state index is 6.37. The van der Waals surface area contributed by atoms with Crippen LogP contribution in [0.4, 0.5) is 0 Å². The molecule has 4 heteroatoms. The second-order valence-corrected chi connectivity index (χ2v) is 10.2. The van der Waals surface area contributed by atoms with Crippen LogP contribution in [0.25, 0.3) is 65.9 Å². The molecule has 8 aromatic rings. The van der Waals surface area contributed by atoms with Crippen molar-refractivity contribution in [2.24, 2.45) is 7.05 Å². The minimum Gasteiger partial charge on any atom is -0.510 e. The van der Waals surface area contributed by atoms with Gasteiger partial charge in [-0.2, -0.15) is 29.3 Å². The van der Waals surface area contributed by atoms with Gasteiger partial charge in [0.1, 0.15) is 18.8 Å². The van der Waals surface area contributed by atoms with Crippen LogP contribution in [0.1, 0.15) is 5.56 Å². The summed E-state index contributed by atoms with van der Waals surface area (Å²) in [5, 5.41) is 7.17. The van der Waals surface area contributed by atoms with Crippen LogP contribution in [0, 0.1) is 25.3 Å². The van der Waals surface area contributed by atoms with E-state index in [2.05, 4.69) is 84.0 Å². The fourth-order valence-electron chi connectivity index (χ4n) is 5.29. The zero-order valence-corrected chi connectivity index (χ0v) is 25.6. The van der Waals surface area contributed by atoms with Crippen molar-refractivity contribution in [3.05, 3.63) is 145 Å². The van der Waals surface area contributed by atoms with E-state index in [0.29, 0.717) is 0 Å². The molecule has 0 saturated carbocycles. The predicted molar refractivity (Wildman–Crippen MR) is 166 cm³/mol.